The first-order chi connectivity index (χ1) is 8.66. The van der Waals surface area contributed by atoms with E-state index >= 15 is 0 Å². The lowest BCUT2D eigenvalue weighted by atomic mass is 10.1. The third-order valence-corrected chi connectivity index (χ3v) is 2.82. The zero-order valence-electron chi connectivity index (χ0n) is 10.0. The number of benzene rings is 1. The fourth-order valence-corrected chi connectivity index (χ4v) is 1.70. The molecule has 1 atom stereocenters. The van der Waals surface area contributed by atoms with Crippen LogP contribution in [0, 0.1) is 11.6 Å². The van der Waals surface area contributed by atoms with Crippen molar-refractivity contribution < 1.29 is 8.78 Å². The number of hydrogen-bond acceptors (Lipinski definition) is 2. The number of halogens is 2. The van der Waals surface area contributed by atoms with E-state index in [0.29, 0.717) is 12.1 Å². The van der Waals surface area contributed by atoms with Gasteiger partial charge in [0, 0.05) is 36.6 Å². The highest BCUT2D eigenvalue weighted by Crippen LogP contribution is 2.13. The molecule has 0 aliphatic carbocycles. The second-order valence-corrected chi connectivity index (χ2v) is 4.12. The van der Waals surface area contributed by atoms with Crippen LogP contribution in [0.3, 0.4) is 0 Å². The van der Waals surface area contributed by atoms with Crippen molar-refractivity contribution >= 4 is 0 Å². The topological polar surface area (TPSA) is 24.9 Å². The van der Waals surface area contributed by atoms with Crippen molar-refractivity contribution in [2.24, 2.45) is 0 Å². The van der Waals surface area contributed by atoms with E-state index in [1.807, 2.05) is 19.1 Å². The van der Waals surface area contributed by atoms with Gasteiger partial charge in [-0.25, -0.2) is 8.78 Å². The molecule has 0 amide bonds. The summed E-state index contributed by atoms with van der Waals surface area (Å²) in [7, 11) is 0. The molecule has 0 radical (unpaired) electrons. The summed E-state index contributed by atoms with van der Waals surface area (Å²) in [5, 5.41) is 3.19. The van der Waals surface area contributed by atoms with Gasteiger partial charge in [-0.2, -0.15) is 0 Å². The Bertz CT molecular complexity index is 514. The Labute approximate surface area is 105 Å². The molecule has 2 nitrogen and oxygen atoms in total. The van der Waals surface area contributed by atoms with Crippen molar-refractivity contribution in [3.63, 3.8) is 0 Å². The van der Waals surface area contributed by atoms with Crippen LogP contribution in [0.5, 0.6) is 0 Å². The quantitative estimate of drug-likeness (QED) is 0.898. The van der Waals surface area contributed by atoms with Gasteiger partial charge in [-0.15, -0.1) is 0 Å². The number of pyridine rings is 1. The molecule has 1 aromatic heterocycles. The van der Waals surface area contributed by atoms with E-state index in [2.05, 4.69) is 10.3 Å². The van der Waals surface area contributed by atoms with E-state index in [9.17, 15) is 8.78 Å². The molecule has 2 rings (SSSR count). The smallest absolute Gasteiger partial charge is 0.130 e. The highest BCUT2D eigenvalue weighted by atomic mass is 19.1. The van der Waals surface area contributed by atoms with Crippen molar-refractivity contribution in [2.75, 3.05) is 0 Å². The normalized spacial score (nSPS) is 12.4. The molecule has 1 aromatic carbocycles. The average molecular weight is 248 g/mol. The fraction of sp³-hybridized carbons (Fsp3) is 0.214. The Morgan fingerprint density at radius 1 is 1.17 bits per heavy atom. The SMILES string of the molecule is C[C@@H](NCc1ccc(F)cc1F)c1ccncc1. The zero-order valence-corrected chi connectivity index (χ0v) is 10.0. The van der Waals surface area contributed by atoms with E-state index in [0.717, 1.165) is 11.6 Å². The van der Waals surface area contributed by atoms with Gasteiger partial charge in [0.05, 0.1) is 0 Å². The average Bonchev–Trinajstić information content (AvgIpc) is 2.38. The Morgan fingerprint density at radius 2 is 1.89 bits per heavy atom. The van der Waals surface area contributed by atoms with Gasteiger partial charge >= 0.3 is 0 Å². The van der Waals surface area contributed by atoms with Crippen LogP contribution < -0.4 is 5.32 Å². The van der Waals surface area contributed by atoms with Crippen LogP contribution >= 0.6 is 0 Å². The Hall–Kier alpha value is -1.81. The molecule has 0 unspecified atom stereocenters. The molecule has 18 heavy (non-hydrogen) atoms. The van der Waals surface area contributed by atoms with Crippen molar-refractivity contribution in [1.29, 1.82) is 0 Å². The van der Waals surface area contributed by atoms with E-state index in [4.69, 9.17) is 0 Å². The Kier molecular flexibility index (Phi) is 3.99. The van der Waals surface area contributed by atoms with Gasteiger partial charge in [0.25, 0.3) is 0 Å². The van der Waals surface area contributed by atoms with Gasteiger partial charge in [0.1, 0.15) is 11.6 Å². The second kappa shape index (κ2) is 5.69. The van der Waals surface area contributed by atoms with Gasteiger partial charge in [-0.3, -0.25) is 4.98 Å². The minimum atomic E-state index is -0.557. The summed E-state index contributed by atoms with van der Waals surface area (Å²) in [5.74, 6) is -1.08. The maximum atomic E-state index is 13.4. The lowest BCUT2D eigenvalue weighted by Crippen LogP contribution is -2.18. The predicted molar refractivity (Wildman–Crippen MR) is 65.8 cm³/mol. The van der Waals surface area contributed by atoms with Gasteiger partial charge in [-0.1, -0.05) is 6.07 Å². The predicted octanol–water partition coefficient (Wildman–Crippen LogP) is 3.21. The molecule has 94 valence electrons. The van der Waals surface area contributed by atoms with E-state index in [1.54, 1.807) is 12.4 Å². The molecule has 0 fully saturated rings. The van der Waals surface area contributed by atoms with Crippen LogP contribution in [0.4, 0.5) is 8.78 Å². The summed E-state index contributed by atoms with van der Waals surface area (Å²) in [6.45, 7) is 2.34. The third-order valence-electron chi connectivity index (χ3n) is 2.82. The van der Waals surface area contributed by atoms with Gasteiger partial charge < -0.3 is 5.32 Å². The van der Waals surface area contributed by atoms with Crippen molar-refractivity contribution in [2.45, 2.75) is 19.5 Å². The highest BCUT2D eigenvalue weighted by molar-refractivity contribution is 5.19. The number of aromatic nitrogens is 1. The van der Waals surface area contributed by atoms with Crippen LogP contribution in [0.2, 0.25) is 0 Å². The molecule has 0 aliphatic rings. The lowest BCUT2D eigenvalue weighted by molar-refractivity contribution is 0.533. The lowest BCUT2D eigenvalue weighted by Gasteiger charge is -2.14. The molecule has 0 aliphatic heterocycles. The zero-order chi connectivity index (χ0) is 13.0. The molecule has 1 heterocycles. The number of nitrogens with zero attached hydrogens (tertiary/aromatic N) is 1. The summed E-state index contributed by atoms with van der Waals surface area (Å²) in [6.07, 6.45) is 3.43. The second-order valence-electron chi connectivity index (χ2n) is 4.12. The molecular weight excluding hydrogens is 234 g/mol. The number of rotatable bonds is 4. The summed E-state index contributed by atoms with van der Waals surface area (Å²) in [6, 6.07) is 7.50. The van der Waals surface area contributed by atoms with E-state index in [1.165, 1.54) is 12.1 Å². The monoisotopic (exact) mass is 248 g/mol. The van der Waals surface area contributed by atoms with Gasteiger partial charge in [0.2, 0.25) is 0 Å². The standard InChI is InChI=1S/C14H14F2N2/c1-10(11-4-6-17-7-5-11)18-9-12-2-3-13(15)8-14(12)16/h2-8,10,18H,9H2,1H3/t10-/m1/s1. The fourth-order valence-electron chi connectivity index (χ4n) is 1.70. The summed E-state index contributed by atoms with van der Waals surface area (Å²) in [5.41, 5.74) is 1.53. The van der Waals surface area contributed by atoms with Gasteiger partial charge in [-0.05, 0) is 30.7 Å². The van der Waals surface area contributed by atoms with Crippen LogP contribution in [0.1, 0.15) is 24.1 Å². The molecule has 0 saturated heterocycles. The van der Waals surface area contributed by atoms with E-state index < -0.39 is 11.6 Å². The summed E-state index contributed by atoms with van der Waals surface area (Å²) in [4.78, 5) is 3.94. The first-order valence-electron chi connectivity index (χ1n) is 5.74. The third kappa shape index (κ3) is 3.11. The molecular formula is C14H14F2N2. The van der Waals surface area contributed by atoms with Crippen LogP contribution in [0.25, 0.3) is 0 Å². The minimum absolute atomic E-state index is 0.0810. The largest absolute Gasteiger partial charge is 0.306 e. The molecule has 0 spiro atoms. The maximum absolute atomic E-state index is 13.4. The molecule has 1 N–H and O–H groups in total. The Morgan fingerprint density at radius 3 is 2.56 bits per heavy atom. The molecule has 0 bridgehead atoms. The highest BCUT2D eigenvalue weighted by Gasteiger charge is 2.07. The van der Waals surface area contributed by atoms with Crippen molar-refractivity contribution in [3.05, 3.63) is 65.5 Å². The first-order valence-corrected chi connectivity index (χ1v) is 5.74. The van der Waals surface area contributed by atoms with Crippen LogP contribution in [-0.4, -0.2) is 4.98 Å². The number of hydrogen-bond donors (Lipinski definition) is 1. The molecule has 0 saturated carbocycles. The molecule has 2 aromatic rings. The van der Waals surface area contributed by atoms with E-state index in [-0.39, 0.29) is 6.04 Å². The summed E-state index contributed by atoms with van der Waals surface area (Å²) < 4.78 is 26.2. The minimum Gasteiger partial charge on any atom is -0.306 e. The van der Waals surface area contributed by atoms with Crippen LogP contribution in [-0.2, 0) is 6.54 Å². The van der Waals surface area contributed by atoms with Crippen molar-refractivity contribution in [3.8, 4) is 0 Å². The summed E-state index contributed by atoms with van der Waals surface area (Å²) >= 11 is 0. The van der Waals surface area contributed by atoms with Crippen LogP contribution in [0.15, 0.2) is 42.7 Å². The number of nitrogens with one attached hydrogen (secondary N) is 1. The maximum Gasteiger partial charge on any atom is 0.130 e. The first kappa shape index (κ1) is 12.6. The van der Waals surface area contributed by atoms with Crippen molar-refractivity contribution in [1.82, 2.24) is 10.3 Å². The molecule has 4 heteroatoms. The van der Waals surface area contributed by atoms with Gasteiger partial charge in [0.15, 0.2) is 0 Å². The Balaban J connectivity index is 1.99.